The first-order valence-electron chi connectivity index (χ1n) is 11.0. The molecule has 0 bridgehead atoms. The van der Waals surface area contributed by atoms with Gasteiger partial charge in [-0.15, -0.1) is 0 Å². The van der Waals surface area contributed by atoms with Crippen molar-refractivity contribution in [3.8, 4) is 0 Å². The summed E-state index contributed by atoms with van der Waals surface area (Å²) in [5.74, 6) is 1.61. The number of fused-ring (bicyclic) bond motifs is 2. The monoisotopic (exact) mass is 370 g/mol. The SMILES string of the molecule is CCCCC1CCCC(C)C1N1CCC2(CC1)OC(=O)Nc1ccccc12. The van der Waals surface area contributed by atoms with E-state index >= 15 is 0 Å². The van der Waals surface area contributed by atoms with Gasteiger partial charge in [0, 0.05) is 37.5 Å². The number of anilines is 1. The molecule has 3 atom stereocenters. The summed E-state index contributed by atoms with van der Waals surface area (Å²) in [6.45, 7) is 6.81. The van der Waals surface area contributed by atoms with Crippen molar-refractivity contribution in [2.75, 3.05) is 18.4 Å². The van der Waals surface area contributed by atoms with Crippen LogP contribution < -0.4 is 5.32 Å². The van der Waals surface area contributed by atoms with Crippen molar-refractivity contribution in [3.05, 3.63) is 29.8 Å². The fourth-order valence-electron chi connectivity index (χ4n) is 5.86. The van der Waals surface area contributed by atoms with Gasteiger partial charge in [-0.3, -0.25) is 10.2 Å². The van der Waals surface area contributed by atoms with Crippen molar-refractivity contribution < 1.29 is 9.53 Å². The van der Waals surface area contributed by atoms with E-state index in [0.717, 1.165) is 49.0 Å². The number of amides is 1. The molecule has 1 aliphatic carbocycles. The second kappa shape index (κ2) is 7.83. The first-order chi connectivity index (χ1) is 13.1. The van der Waals surface area contributed by atoms with Crippen molar-refractivity contribution in [3.63, 3.8) is 0 Å². The smallest absolute Gasteiger partial charge is 0.412 e. The van der Waals surface area contributed by atoms with E-state index in [0.29, 0.717) is 6.04 Å². The van der Waals surface area contributed by atoms with Crippen LogP contribution >= 0.6 is 0 Å². The third-order valence-electron chi connectivity index (χ3n) is 7.20. The molecule has 1 amide bonds. The Balaban J connectivity index is 1.50. The molecule has 1 saturated carbocycles. The van der Waals surface area contributed by atoms with Crippen LogP contribution in [0.25, 0.3) is 0 Å². The first kappa shape index (κ1) is 18.8. The maximum atomic E-state index is 12.2. The molecular formula is C23H34N2O2. The molecule has 2 aliphatic heterocycles. The van der Waals surface area contributed by atoms with Crippen LogP contribution in [0.5, 0.6) is 0 Å². The number of carbonyl (C=O) groups excluding carboxylic acids is 1. The Morgan fingerprint density at radius 1 is 1.22 bits per heavy atom. The number of para-hydroxylation sites is 1. The molecule has 4 heteroatoms. The quantitative estimate of drug-likeness (QED) is 0.757. The molecule has 1 saturated heterocycles. The van der Waals surface area contributed by atoms with Gasteiger partial charge >= 0.3 is 6.09 Å². The fourth-order valence-corrected chi connectivity index (χ4v) is 5.86. The molecular weight excluding hydrogens is 336 g/mol. The number of rotatable bonds is 4. The molecule has 3 unspecified atom stereocenters. The molecule has 1 aromatic carbocycles. The molecule has 4 nitrogen and oxygen atoms in total. The van der Waals surface area contributed by atoms with Crippen LogP contribution in [0.3, 0.4) is 0 Å². The number of nitrogens with zero attached hydrogens (tertiary/aromatic N) is 1. The van der Waals surface area contributed by atoms with Crippen LogP contribution in [0.1, 0.15) is 70.8 Å². The van der Waals surface area contributed by atoms with E-state index in [1.165, 1.54) is 38.5 Å². The summed E-state index contributed by atoms with van der Waals surface area (Å²) in [4.78, 5) is 14.9. The van der Waals surface area contributed by atoms with E-state index in [2.05, 4.69) is 36.2 Å². The zero-order valence-electron chi connectivity index (χ0n) is 16.9. The predicted octanol–water partition coefficient (Wildman–Crippen LogP) is 5.53. The van der Waals surface area contributed by atoms with Gasteiger partial charge in [0.2, 0.25) is 0 Å². The molecule has 3 aliphatic rings. The second-order valence-corrected chi connectivity index (χ2v) is 8.89. The van der Waals surface area contributed by atoms with Gasteiger partial charge in [0.1, 0.15) is 5.60 Å². The topological polar surface area (TPSA) is 41.6 Å². The molecule has 148 valence electrons. The van der Waals surface area contributed by atoms with E-state index in [4.69, 9.17) is 4.74 Å². The highest BCUT2D eigenvalue weighted by atomic mass is 16.6. The van der Waals surface area contributed by atoms with Crippen molar-refractivity contribution in [2.45, 2.75) is 76.9 Å². The Morgan fingerprint density at radius 3 is 2.78 bits per heavy atom. The molecule has 0 aromatic heterocycles. The Labute approximate surface area is 163 Å². The third kappa shape index (κ3) is 3.61. The van der Waals surface area contributed by atoms with Crippen LogP contribution in [-0.4, -0.2) is 30.1 Å². The first-order valence-corrected chi connectivity index (χ1v) is 11.0. The minimum Gasteiger partial charge on any atom is -0.438 e. The second-order valence-electron chi connectivity index (χ2n) is 8.89. The van der Waals surface area contributed by atoms with Gasteiger partial charge in [0.15, 0.2) is 0 Å². The lowest BCUT2D eigenvalue weighted by Gasteiger charge is -2.50. The number of piperidine rings is 1. The van der Waals surface area contributed by atoms with Crippen LogP contribution in [-0.2, 0) is 10.3 Å². The van der Waals surface area contributed by atoms with Crippen LogP contribution in [0.2, 0.25) is 0 Å². The highest BCUT2D eigenvalue weighted by molar-refractivity contribution is 5.88. The number of nitrogens with one attached hydrogen (secondary N) is 1. The highest BCUT2D eigenvalue weighted by Crippen LogP contribution is 2.45. The molecule has 0 radical (unpaired) electrons. The van der Waals surface area contributed by atoms with E-state index in [-0.39, 0.29) is 6.09 Å². The normalized spacial score (nSPS) is 30.4. The van der Waals surface area contributed by atoms with Gasteiger partial charge in [-0.05, 0) is 37.2 Å². The maximum absolute atomic E-state index is 12.2. The summed E-state index contributed by atoms with van der Waals surface area (Å²) in [6.07, 6.45) is 9.66. The van der Waals surface area contributed by atoms with Gasteiger partial charge in [0.05, 0.1) is 5.69 Å². The van der Waals surface area contributed by atoms with E-state index in [1.807, 2.05) is 12.1 Å². The Morgan fingerprint density at radius 2 is 2.00 bits per heavy atom. The number of hydrogen-bond donors (Lipinski definition) is 1. The summed E-state index contributed by atoms with van der Waals surface area (Å²) in [6, 6.07) is 8.86. The van der Waals surface area contributed by atoms with Gasteiger partial charge < -0.3 is 4.74 Å². The summed E-state index contributed by atoms with van der Waals surface area (Å²) >= 11 is 0. The van der Waals surface area contributed by atoms with E-state index in [9.17, 15) is 4.79 Å². The molecule has 1 aromatic rings. The molecule has 1 spiro atoms. The average molecular weight is 371 g/mol. The molecule has 2 fully saturated rings. The number of unbranched alkanes of at least 4 members (excludes halogenated alkanes) is 1. The number of likely N-dealkylation sites (tertiary alicyclic amines) is 1. The third-order valence-corrected chi connectivity index (χ3v) is 7.20. The van der Waals surface area contributed by atoms with Crippen molar-refractivity contribution in [1.29, 1.82) is 0 Å². The Bertz CT molecular complexity index is 666. The summed E-state index contributed by atoms with van der Waals surface area (Å²) in [7, 11) is 0. The lowest BCUT2D eigenvalue weighted by molar-refractivity contribution is -0.0627. The lowest BCUT2D eigenvalue weighted by atomic mass is 9.73. The average Bonchev–Trinajstić information content (AvgIpc) is 2.67. The van der Waals surface area contributed by atoms with Crippen LogP contribution in [0.15, 0.2) is 24.3 Å². The fraction of sp³-hybridized carbons (Fsp3) is 0.696. The van der Waals surface area contributed by atoms with E-state index in [1.54, 1.807) is 0 Å². The predicted molar refractivity (Wildman–Crippen MR) is 109 cm³/mol. The summed E-state index contributed by atoms with van der Waals surface area (Å²) in [5, 5.41) is 2.87. The maximum Gasteiger partial charge on any atom is 0.412 e. The van der Waals surface area contributed by atoms with Crippen molar-refractivity contribution in [2.24, 2.45) is 11.8 Å². The molecule has 1 N–H and O–H groups in total. The number of ether oxygens (including phenoxy) is 1. The minimum absolute atomic E-state index is 0.297. The molecule has 4 rings (SSSR count). The minimum atomic E-state index is -0.438. The standard InChI is InChI=1S/C23H34N2O2/c1-3-4-9-18-10-7-8-17(2)21(18)25-15-13-23(14-16-25)19-11-5-6-12-20(19)24-22(26)27-23/h5-6,11-12,17-18,21H,3-4,7-10,13-16H2,1-2H3,(H,24,26). The van der Waals surface area contributed by atoms with Gasteiger partial charge in [-0.1, -0.05) is 51.3 Å². The molecule has 2 heterocycles. The largest absolute Gasteiger partial charge is 0.438 e. The number of benzene rings is 1. The Hall–Kier alpha value is -1.55. The van der Waals surface area contributed by atoms with Crippen molar-refractivity contribution >= 4 is 11.8 Å². The molecule has 27 heavy (non-hydrogen) atoms. The van der Waals surface area contributed by atoms with Gasteiger partial charge in [0.25, 0.3) is 0 Å². The summed E-state index contributed by atoms with van der Waals surface area (Å²) < 4.78 is 5.92. The zero-order valence-corrected chi connectivity index (χ0v) is 16.9. The Kier molecular flexibility index (Phi) is 5.45. The van der Waals surface area contributed by atoms with Gasteiger partial charge in [-0.25, -0.2) is 4.79 Å². The lowest BCUT2D eigenvalue weighted by Crippen LogP contribution is -2.54. The van der Waals surface area contributed by atoms with E-state index < -0.39 is 5.60 Å². The van der Waals surface area contributed by atoms with Gasteiger partial charge in [-0.2, -0.15) is 0 Å². The highest BCUT2D eigenvalue weighted by Gasteiger charge is 2.46. The zero-order chi connectivity index (χ0) is 18.9. The van der Waals surface area contributed by atoms with Crippen molar-refractivity contribution in [1.82, 2.24) is 4.90 Å². The number of carbonyl (C=O) groups is 1. The number of hydrogen-bond acceptors (Lipinski definition) is 3. The van der Waals surface area contributed by atoms with Crippen LogP contribution in [0, 0.1) is 11.8 Å². The van der Waals surface area contributed by atoms with Crippen LogP contribution in [0.4, 0.5) is 10.5 Å². The summed E-state index contributed by atoms with van der Waals surface area (Å²) in [5.41, 5.74) is 1.64.